The Morgan fingerprint density at radius 1 is 1.43 bits per heavy atom. The van der Waals surface area contributed by atoms with E-state index in [2.05, 4.69) is 5.32 Å². The van der Waals surface area contributed by atoms with Gasteiger partial charge >= 0.3 is 12.0 Å². The van der Waals surface area contributed by atoms with Gasteiger partial charge in [-0.15, -0.1) is 0 Å². The van der Waals surface area contributed by atoms with E-state index in [-0.39, 0.29) is 18.3 Å². The number of carbonyl (C=O) groups is 2. The third-order valence-electron chi connectivity index (χ3n) is 2.75. The van der Waals surface area contributed by atoms with Crippen molar-refractivity contribution in [2.75, 3.05) is 6.54 Å². The van der Waals surface area contributed by atoms with Crippen LogP contribution >= 0.6 is 0 Å². The minimum Gasteiger partial charge on any atom is -0.480 e. The van der Waals surface area contributed by atoms with Crippen LogP contribution in [0.15, 0.2) is 24.3 Å². The summed E-state index contributed by atoms with van der Waals surface area (Å²) in [5.41, 5.74) is 0.504. The number of urea groups is 1. The van der Waals surface area contributed by atoms with Gasteiger partial charge in [-0.3, -0.25) is 14.9 Å². The number of nitrogens with zero attached hydrogens (tertiary/aromatic N) is 2. The van der Waals surface area contributed by atoms with Gasteiger partial charge < -0.3 is 15.3 Å². The zero-order valence-corrected chi connectivity index (χ0v) is 11.8. The van der Waals surface area contributed by atoms with Gasteiger partial charge in [0.1, 0.15) is 6.54 Å². The molecule has 0 unspecified atom stereocenters. The Morgan fingerprint density at radius 2 is 2.10 bits per heavy atom. The van der Waals surface area contributed by atoms with Crippen LogP contribution in [0.4, 0.5) is 10.5 Å². The number of rotatable bonds is 6. The Balaban J connectivity index is 2.68. The SMILES string of the molecule is CC(C)N(CC(=O)O)C(=O)NCc1cccc([N+](=O)[O-])c1. The molecule has 0 radical (unpaired) electrons. The number of aliphatic carboxylic acids is 1. The number of non-ortho nitro benzene ring substituents is 1. The first-order chi connectivity index (χ1) is 9.81. The van der Waals surface area contributed by atoms with Crippen LogP contribution < -0.4 is 5.32 Å². The first kappa shape index (κ1) is 16.4. The second-order valence-corrected chi connectivity index (χ2v) is 4.70. The van der Waals surface area contributed by atoms with E-state index in [1.54, 1.807) is 19.9 Å². The monoisotopic (exact) mass is 295 g/mol. The Hall–Kier alpha value is -2.64. The molecule has 0 heterocycles. The molecule has 0 saturated heterocycles. The van der Waals surface area contributed by atoms with E-state index in [9.17, 15) is 19.7 Å². The standard InChI is InChI=1S/C13H17N3O5/c1-9(2)15(8-12(17)18)13(19)14-7-10-4-3-5-11(6-10)16(20)21/h3-6,9H,7-8H2,1-2H3,(H,14,19)(H,17,18). The minimum atomic E-state index is -1.10. The number of nitro groups is 1. The quantitative estimate of drug-likeness (QED) is 0.611. The summed E-state index contributed by atoms with van der Waals surface area (Å²) in [7, 11) is 0. The number of benzene rings is 1. The number of carboxylic acid groups (broad SMARTS) is 1. The lowest BCUT2D eigenvalue weighted by Crippen LogP contribution is -2.46. The maximum atomic E-state index is 11.9. The van der Waals surface area contributed by atoms with Crippen LogP contribution in [0.1, 0.15) is 19.4 Å². The van der Waals surface area contributed by atoms with Gasteiger partial charge in [0.05, 0.1) is 4.92 Å². The van der Waals surface area contributed by atoms with Gasteiger partial charge in [-0.25, -0.2) is 4.79 Å². The van der Waals surface area contributed by atoms with E-state index in [1.165, 1.54) is 23.1 Å². The van der Waals surface area contributed by atoms with Crippen molar-refractivity contribution in [2.24, 2.45) is 0 Å². The predicted molar refractivity (Wildman–Crippen MR) is 74.8 cm³/mol. The topological polar surface area (TPSA) is 113 Å². The summed E-state index contributed by atoms with van der Waals surface area (Å²) in [6.45, 7) is 3.09. The molecule has 0 saturated carbocycles. The molecule has 1 aromatic carbocycles. The van der Waals surface area contributed by atoms with Gasteiger partial charge in [0.15, 0.2) is 0 Å². The van der Waals surface area contributed by atoms with E-state index < -0.39 is 23.5 Å². The maximum Gasteiger partial charge on any atom is 0.323 e. The van der Waals surface area contributed by atoms with Gasteiger partial charge in [0.25, 0.3) is 5.69 Å². The van der Waals surface area contributed by atoms with Crippen LogP contribution in [-0.2, 0) is 11.3 Å². The molecule has 1 rings (SSSR count). The highest BCUT2D eigenvalue weighted by Gasteiger charge is 2.19. The average Bonchev–Trinajstić information content (AvgIpc) is 2.42. The number of carboxylic acids is 1. The van der Waals surface area contributed by atoms with Crippen LogP contribution in [-0.4, -0.2) is 39.5 Å². The summed E-state index contributed by atoms with van der Waals surface area (Å²) in [4.78, 5) is 33.9. The minimum absolute atomic E-state index is 0.0620. The fourth-order valence-corrected chi connectivity index (χ4v) is 1.69. The van der Waals surface area contributed by atoms with E-state index in [4.69, 9.17) is 5.11 Å². The van der Waals surface area contributed by atoms with Gasteiger partial charge in [0.2, 0.25) is 0 Å². The molecule has 8 heteroatoms. The number of carbonyl (C=O) groups excluding carboxylic acids is 1. The van der Waals surface area contributed by atoms with Crippen molar-refractivity contribution in [3.8, 4) is 0 Å². The van der Waals surface area contributed by atoms with Crippen molar-refractivity contribution in [1.82, 2.24) is 10.2 Å². The molecule has 0 fully saturated rings. The molecule has 0 aliphatic carbocycles. The molecular weight excluding hydrogens is 278 g/mol. The van der Waals surface area contributed by atoms with Crippen molar-refractivity contribution < 1.29 is 19.6 Å². The summed E-state index contributed by atoms with van der Waals surface area (Å²) in [5.74, 6) is -1.10. The maximum absolute atomic E-state index is 11.9. The smallest absolute Gasteiger partial charge is 0.323 e. The van der Waals surface area contributed by atoms with Crippen molar-refractivity contribution in [3.05, 3.63) is 39.9 Å². The molecule has 1 aromatic rings. The highest BCUT2D eigenvalue weighted by Crippen LogP contribution is 2.13. The second kappa shape index (κ2) is 7.22. The number of nitrogens with one attached hydrogen (secondary N) is 1. The van der Waals surface area contributed by atoms with Crippen molar-refractivity contribution in [3.63, 3.8) is 0 Å². The normalized spacial score (nSPS) is 10.2. The van der Waals surface area contributed by atoms with Crippen LogP contribution in [0.5, 0.6) is 0 Å². The molecule has 21 heavy (non-hydrogen) atoms. The Labute approximate surface area is 121 Å². The first-order valence-corrected chi connectivity index (χ1v) is 6.31. The summed E-state index contributed by atoms with van der Waals surface area (Å²) >= 11 is 0. The molecular formula is C13H17N3O5. The predicted octanol–water partition coefficient (Wildman–Crippen LogP) is 1.60. The Bertz CT molecular complexity index is 544. The van der Waals surface area contributed by atoms with E-state index >= 15 is 0 Å². The Morgan fingerprint density at radius 3 is 2.62 bits per heavy atom. The summed E-state index contributed by atoms with van der Waals surface area (Å²) < 4.78 is 0. The molecule has 0 aromatic heterocycles. The second-order valence-electron chi connectivity index (χ2n) is 4.70. The largest absolute Gasteiger partial charge is 0.480 e. The fraction of sp³-hybridized carbons (Fsp3) is 0.385. The number of hydrogen-bond donors (Lipinski definition) is 2. The lowest BCUT2D eigenvalue weighted by atomic mass is 10.2. The van der Waals surface area contributed by atoms with Crippen LogP contribution in [0, 0.1) is 10.1 Å². The molecule has 8 nitrogen and oxygen atoms in total. The van der Waals surface area contributed by atoms with E-state index in [0.717, 1.165) is 0 Å². The van der Waals surface area contributed by atoms with E-state index in [0.29, 0.717) is 5.56 Å². The number of amides is 2. The molecule has 0 aliphatic rings. The zero-order chi connectivity index (χ0) is 16.0. The lowest BCUT2D eigenvalue weighted by Gasteiger charge is -2.25. The first-order valence-electron chi connectivity index (χ1n) is 6.31. The van der Waals surface area contributed by atoms with Crippen molar-refractivity contribution >= 4 is 17.7 Å². The van der Waals surface area contributed by atoms with Gasteiger partial charge in [0, 0.05) is 24.7 Å². The Kier molecular flexibility index (Phi) is 5.65. The summed E-state index contributed by atoms with van der Waals surface area (Å²) in [5, 5.41) is 22.0. The van der Waals surface area contributed by atoms with Gasteiger partial charge in [-0.2, -0.15) is 0 Å². The molecule has 0 aliphatic heterocycles. The third-order valence-corrected chi connectivity index (χ3v) is 2.75. The average molecular weight is 295 g/mol. The number of nitro benzene ring substituents is 1. The number of hydrogen-bond acceptors (Lipinski definition) is 4. The summed E-state index contributed by atoms with van der Waals surface area (Å²) in [6.07, 6.45) is 0. The highest BCUT2D eigenvalue weighted by atomic mass is 16.6. The molecule has 0 spiro atoms. The molecule has 0 atom stereocenters. The molecule has 2 N–H and O–H groups in total. The van der Waals surface area contributed by atoms with Crippen LogP contribution in [0.25, 0.3) is 0 Å². The fourth-order valence-electron chi connectivity index (χ4n) is 1.69. The van der Waals surface area contributed by atoms with Crippen molar-refractivity contribution in [1.29, 1.82) is 0 Å². The summed E-state index contributed by atoms with van der Waals surface area (Å²) in [6, 6.07) is 5.08. The third kappa shape index (κ3) is 5.09. The lowest BCUT2D eigenvalue weighted by molar-refractivity contribution is -0.384. The zero-order valence-electron chi connectivity index (χ0n) is 11.8. The molecule has 2 amide bonds. The van der Waals surface area contributed by atoms with Crippen molar-refractivity contribution in [2.45, 2.75) is 26.4 Å². The molecule has 0 bridgehead atoms. The van der Waals surface area contributed by atoms with Gasteiger partial charge in [-0.1, -0.05) is 12.1 Å². The van der Waals surface area contributed by atoms with E-state index in [1.807, 2.05) is 0 Å². The van der Waals surface area contributed by atoms with Crippen LogP contribution in [0.3, 0.4) is 0 Å². The van der Waals surface area contributed by atoms with Gasteiger partial charge in [-0.05, 0) is 19.4 Å². The molecule has 114 valence electrons. The van der Waals surface area contributed by atoms with Crippen LogP contribution in [0.2, 0.25) is 0 Å². The highest BCUT2D eigenvalue weighted by molar-refractivity contribution is 5.80.